The number of halogens is 1. The predicted molar refractivity (Wildman–Crippen MR) is 125 cm³/mol. The van der Waals surface area contributed by atoms with Crippen LogP contribution in [0.1, 0.15) is 24.4 Å². The number of pyridine rings is 1. The number of nitrogens with one attached hydrogen (secondary N) is 2. The van der Waals surface area contributed by atoms with Gasteiger partial charge in [-0.25, -0.2) is 14.4 Å². The van der Waals surface area contributed by atoms with Crippen LogP contribution < -0.4 is 10.1 Å². The second-order valence-electron chi connectivity index (χ2n) is 7.81. The molecule has 0 amide bonds. The molecular formula is C26H23FN4O. The van der Waals surface area contributed by atoms with Crippen LogP contribution in [0.3, 0.4) is 0 Å². The molecule has 0 bridgehead atoms. The highest BCUT2D eigenvalue weighted by atomic mass is 19.1. The smallest absolute Gasteiger partial charge is 0.125 e. The molecule has 0 saturated heterocycles. The molecule has 2 aromatic heterocycles. The number of benzene rings is 3. The van der Waals surface area contributed by atoms with Crippen molar-refractivity contribution in [2.75, 3.05) is 7.11 Å². The number of aromatic amines is 1. The van der Waals surface area contributed by atoms with Gasteiger partial charge in [0, 0.05) is 23.6 Å². The number of hydrogen-bond donors (Lipinski definition) is 2. The lowest BCUT2D eigenvalue weighted by Crippen LogP contribution is -2.20. The predicted octanol–water partition coefficient (Wildman–Crippen LogP) is 5.78. The van der Waals surface area contributed by atoms with Crippen molar-refractivity contribution in [1.82, 2.24) is 20.3 Å². The second kappa shape index (κ2) is 8.40. The van der Waals surface area contributed by atoms with Crippen LogP contribution >= 0.6 is 0 Å². The third kappa shape index (κ3) is 3.92. The zero-order valence-corrected chi connectivity index (χ0v) is 17.9. The Hall–Kier alpha value is -3.77. The lowest BCUT2D eigenvalue weighted by Gasteiger charge is -2.15. The van der Waals surface area contributed by atoms with E-state index in [4.69, 9.17) is 14.7 Å². The molecule has 5 nitrogen and oxygen atoms in total. The molecule has 2 N–H and O–H groups in total. The Morgan fingerprint density at radius 3 is 2.69 bits per heavy atom. The van der Waals surface area contributed by atoms with E-state index in [-0.39, 0.29) is 11.9 Å². The van der Waals surface area contributed by atoms with E-state index in [2.05, 4.69) is 23.3 Å². The molecule has 160 valence electrons. The minimum absolute atomic E-state index is 0.00414. The molecule has 5 aromatic rings. The molecule has 0 aliphatic carbocycles. The topological polar surface area (TPSA) is 62.8 Å². The summed E-state index contributed by atoms with van der Waals surface area (Å²) >= 11 is 0. The van der Waals surface area contributed by atoms with Gasteiger partial charge < -0.3 is 15.0 Å². The summed E-state index contributed by atoms with van der Waals surface area (Å²) in [6.45, 7) is 2.65. The van der Waals surface area contributed by atoms with Crippen LogP contribution in [0.5, 0.6) is 5.75 Å². The summed E-state index contributed by atoms with van der Waals surface area (Å²) in [5.41, 5.74) is 5.32. The van der Waals surface area contributed by atoms with E-state index < -0.39 is 0 Å². The van der Waals surface area contributed by atoms with E-state index in [1.165, 1.54) is 12.1 Å². The second-order valence-corrected chi connectivity index (χ2v) is 7.81. The summed E-state index contributed by atoms with van der Waals surface area (Å²) in [7, 11) is 1.64. The SMILES string of the molecule is COc1cccc(-c2nc3cc(F)ccc3cc2CN[C@H](C)c2nc3ccccc3[nH]2)c1. The maximum absolute atomic E-state index is 13.8. The first kappa shape index (κ1) is 20.2. The number of H-pyrrole nitrogens is 1. The largest absolute Gasteiger partial charge is 0.497 e. The van der Waals surface area contributed by atoms with E-state index in [1.54, 1.807) is 13.2 Å². The fourth-order valence-corrected chi connectivity index (χ4v) is 3.88. The number of nitrogens with zero attached hydrogens (tertiary/aromatic N) is 2. The van der Waals surface area contributed by atoms with Gasteiger partial charge in [-0.1, -0.05) is 24.3 Å². The van der Waals surface area contributed by atoms with Crippen molar-refractivity contribution >= 4 is 21.9 Å². The molecule has 0 aliphatic rings. The van der Waals surface area contributed by atoms with E-state index in [9.17, 15) is 4.39 Å². The Kier molecular flexibility index (Phi) is 5.29. The number of fused-ring (bicyclic) bond motifs is 2. The Bertz CT molecular complexity index is 1380. The molecule has 0 unspecified atom stereocenters. The fourth-order valence-electron chi connectivity index (χ4n) is 3.88. The van der Waals surface area contributed by atoms with Gasteiger partial charge in [0.1, 0.15) is 17.4 Å². The summed E-state index contributed by atoms with van der Waals surface area (Å²) in [6, 6.07) is 22.5. The van der Waals surface area contributed by atoms with Crippen molar-refractivity contribution in [1.29, 1.82) is 0 Å². The molecule has 3 aromatic carbocycles. The van der Waals surface area contributed by atoms with Crippen molar-refractivity contribution in [3.05, 3.63) is 90.0 Å². The van der Waals surface area contributed by atoms with E-state index >= 15 is 0 Å². The number of rotatable bonds is 6. The van der Waals surface area contributed by atoms with Gasteiger partial charge in [-0.05, 0) is 55.0 Å². The first-order chi connectivity index (χ1) is 15.6. The van der Waals surface area contributed by atoms with Gasteiger partial charge in [0.2, 0.25) is 0 Å². The van der Waals surface area contributed by atoms with E-state index in [0.717, 1.165) is 44.8 Å². The Labute approximate surface area is 185 Å². The summed E-state index contributed by atoms with van der Waals surface area (Å²) < 4.78 is 19.2. The molecule has 1 atom stereocenters. The quantitative estimate of drug-likeness (QED) is 0.361. The van der Waals surface area contributed by atoms with Gasteiger partial charge in [-0.2, -0.15) is 0 Å². The van der Waals surface area contributed by atoms with Crippen LogP contribution in [0.15, 0.2) is 72.8 Å². The van der Waals surface area contributed by atoms with Crippen molar-refractivity contribution in [2.24, 2.45) is 0 Å². The molecule has 5 rings (SSSR count). The van der Waals surface area contributed by atoms with Gasteiger partial charge >= 0.3 is 0 Å². The minimum atomic E-state index is -0.300. The molecule has 0 fully saturated rings. The van der Waals surface area contributed by atoms with Crippen LogP contribution in [-0.4, -0.2) is 22.1 Å². The highest BCUT2D eigenvalue weighted by molar-refractivity contribution is 5.83. The zero-order valence-electron chi connectivity index (χ0n) is 17.9. The Morgan fingerprint density at radius 1 is 0.969 bits per heavy atom. The standard InChI is InChI=1S/C26H23FN4O/c1-16(26-30-22-8-3-4-9-23(22)31-26)28-15-19-12-17-10-11-20(27)14-24(17)29-25(19)18-6-5-7-21(13-18)32-2/h3-14,16,28H,15H2,1-2H3,(H,30,31)/t16-/m1/s1. The molecule has 6 heteroatoms. The third-order valence-corrected chi connectivity index (χ3v) is 5.62. The summed E-state index contributed by atoms with van der Waals surface area (Å²) in [5.74, 6) is 1.33. The highest BCUT2D eigenvalue weighted by Crippen LogP contribution is 2.29. The van der Waals surface area contributed by atoms with Crippen molar-refractivity contribution in [2.45, 2.75) is 19.5 Å². The normalized spacial score (nSPS) is 12.3. The number of hydrogen-bond acceptors (Lipinski definition) is 4. The maximum Gasteiger partial charge on any atom is 0.125 e. The maximum atomic E-state index is 13.8. The van der Waals surface area contributed by atoms with Crippen LogP contribution in [0.4, 0.5) is 4.39 Å². The van der Waals surface area contributed by atoms with Gasteiger partial charge in [0.25, 0.3) is 0 Å². The fraction of sp³-hybridized carbons (Fsp3) is 0.154. The van der Waals surface area contributed by atoms with Crippen LogP contribution in [0, 0.1) is 5.82 Å². The first-order valence-electron chi connectivity index (χ1n) is 10.5. The first-order valence-corrected chi connectivity index (χ1v) is 10.5. The van der Waals surface area contributed by atoms with E-state index in [0.29, 0.717) is 12.1 Å². The van der Waals surface area contributed by atoms with Crippen LogP contribution in [-0.2, 0) is 6.54 Å². The molecule has 32 heavy (non-hydrogen) atoms. The van der Waals surface area contributed by atoms with Gasteiger partial charge in [-0.15, -0.1) is 0 Å². The van der Waals surface area contributed by atoms with Gasteiger partial charge in [0.05, 0.1) is 35.4 Å². The van der Waals surface area contributed by atoms with Crippen molar-refractivity contribution in [3.63, 3.8) is 0 Å². The summed E-state index contributed by atoms with van der Waals surface area (Å²) in [5, 5.41) is 4.45. The van der Waals surface area contributed by atoms with Crippen molar-refractivity contribution in [3.8, 4) is 17.0 Å². The molecular weight excluding hydrogens is 403 g/mol. The molecule has 0 spiro atoms. The van der Waals surface area contributed by atoms with E-state index in [1.807, 2.05) is 48.5 Å². The van der Waals surface area contributed by atoms with Gasteiger partial charge in [0.15, 0.2) is 0 Å². The number of ether oxygens (including phenoxy) is 1. The zero-order chi connectivity index (χ0) is 22.1. The number of aromatic nitrogens is 3. The monoisotopic (exact) mass is 426 g/mol. The van der Waals surface area contributed by atoms with Crippen LogP contribution in [0.25, 0.3) is 33.2 Å². The summed E-state index contributed by atoms with van der Waals surface area (Å²) in [6.07, 6.45) is 0. The van der Waals surface area contributed by atoms with Gasteiger partial charge in [-0.3, -0.25) is 0 Å². The Morgan fingerprint density at radius 2 is 1.84 bits per heavy atom. The lowest BCUT2D eigenvalue weighted by atomic mass is 10.0. The summed E-state index contributed by atoms with van der Waals surface area (Å²) in [4.78, 5) is 12.9. The number of methoxy groups -OCH3 is 1. The molecule has 2 heterocycles. The average Bonchev–Trinajstić information content (AvgIpc) is 3.26. The lowest BCUT2D eigenvalue weighted by molar-refractivity contribution is 0.415. The highest BCUT2D eigenvalue weighted by Gasteiger charge is 2.14. The minimum Gasteiger partial charge on any atom is -0.497 e. The van der Waals surface area contributed by atoms with Crippen LogP contribution in [0.2, 0.25) is 0 Å². The average molecular weight is 426 g/mol. The Balaban J connectivity index is 1.50. The number of para-hydroxylation sites is 2. The molecule has 0 radical (unpaired) electrons. The third-order valence-electron chi connectivity index (χ3n) is 5.62. The molecule has 0 aliphatic heterocycles. The van der Waals surface area contributed by atoms with Crippen molar-refractivity contribution < 1.29 is 9.13 Å². The molecule has 0 saturated carbocycles. The number of imidazole rings is 1.